The average Bonchev–Trinajstić information content (AvgIpc) is 2.61. The summed E-state index contributed by atoms with van der Waals surface area (Å²) in [5.41, 5.74) is 3.35. The van der Waals surface area contributed by atoms with Crippen LogP contribution in [0.4, 0.5) is 0 Å². The highest BCUT2D eigenvalue weighted by atomic mass is 16.5. The summed E-state index contributed by atoms with van der Waals surface area (Å²) in [4.78, 5) is 12.0. The summed E-state index contributed by atoms with van der Waals surface area (Å²) in [5, 5.41) is 4.04. The number of amides is 1. The molecule has 1 N–H and O–H groups in total. The van der Waals surface area contributed by atoms with E-state index in [-0.39, 0.29) is 5.91 Å². The zero-order chi connectivity index (χ0) is 17.4. The van der Waals surface area contributed by atoms with Crippen LogP contribution < -0.4 is 19.6 Å². The fourth-order valence-corrected chi connectivity index (χ4v) is 3.05. The molecule has 0 unspecified atom stereocenters. The van der Waals surface area contributed by atoms with Gasteiger partial charge in [0.25, 0.3) is 0 Å². The highest BCUT2D eigenvalue weighted by Gasteiger charge is 2.16. The number of hydrogen-bond acceptors (Lipinski definition) is 5. The van der Waals surface area contributed by atoms with Crippen molar-refractivity contribution in [3.05, 3.63) is 17.7 Å². The molecule has 1 fully saturated rings. The number of nitrogens with one attached hydrogen (secondary N) is 1. The third-order valence-corrected chi connectivity index (χ3v) is 4.29. The van der Waals surface area contributed by atoms with E-state index >= 15 is 0 Å². The molecule has 0 aromatic heterocycles. The Morgan fingerprint density at radius 3 is 2.29 bits per heavy atom. The van der Waals surface area contributed by atoms with E-state index in [9.17, 15) is 4.79 Å². The van der Waals surface area contributed by atoms with Crippen LogP contribution in [0.1, 0.15) is 44.1 Å². The summed E-state index contributed by atoms with van der Waals surface area (Å²) in [5.74, 6) is 2.08. The van der Waals surface area contributed by atoms with Crippen molar-refractivity contribution in [3.8, 4) is 17.2 Å². The van der Waals surface area contributed by atoms with Gasteiger partial charge in [-0.15, -0.1) is 0 Å². The van der Waals surface area contributed by atoms with Gasteiger partial charge in [-0.1, -0.05) is 19.3 Å². The highest BCUT2D eigenvalue weighted by molar-refractivity contribution is 5.84. The van der Waals surface area contributed by atoms with Gasteiger partial charge in [-0.25, -0.2) is 5.43 Å². The van der Waals surface area contributed by atoms with Crippen LogP contribution in [0.2, 0.25) is 0 Å². The summed E-state index contributed by atoms with van der Waals surface area (Å²) in [6, 6.07) is 3.55. The molecule has 1 aliphatic carbocycles. The number of ether oxygens (including phenoxy) is 3. The first kappa shape index (κ1) is 18.1. The molecule has 1 amide bonds. The molecular weight excluding hydrogens is 308 g/mol. The second-order valence-corrected chi connectivity index (χ2v) is 5.96. The zero-order valence-corrected chi connectivity index (χ0v) is 14.6. The molecule has 0 heterocycles. The maximum absolute atomic E-state index is 12.0. The molecule has 2 rings (SSSR count). The van der Waals surface area contributed by atoms with Crippen molar-refractivity contribution in [2.24, 2.45) is 11.0 Å². The predicted octanol–water partition coefficient (Wildman–Crippen LogP) is 3.13. The number of methoxy groups -OCH3 is 3. The summed E-state index contributed by atoms with van der Waals surface area (Å²) in [6.07, 6.45) is 8.15. The lowest BCUT2D eigenvalue weighted by Crippen LogP contribution is -2.22. The molecule has 0 bridgehead atoms. The lowest BCUT2D eigenvalue weighted by atomic mass is 9.87. The van der Waals surface area contributed by atoms with Gasteiger partial charge in [0.1, 0.15) is 0 Å². The minimum Gasteiger partial charge on any atom is -0.493 e. The Bertz CT molecular complexity index is 555. The quantitative estimate of drug-likeness (QED) is 0.614. The van der Waals surface area contributed by atoms with Crippen molar-refractivity contribution in [1.29, 1.82) is 0 Å². The van der Waals surface area contributed by atoms with E-state index in [1.54, 1.807) is 39.7 Å². The van der Waals surface area contributed by atoms with E-state index < -0.39 is 0 Å². The van der Waals surface area contributed by atoms with Crippen LogP contribution in [0.5, 0.6) is 17.2 Å². The van der Waals surface area contributed by atoms with Gasteiger partial charge in [0, 0.05) is 12.0 Å². The molecule has 24 heavy (non-hydrogen) atoms. The largest absolute Gasteiger partial charge is 0.493 e. The molecule has 1 saturated carbocycles. The maximum atomic E-state index is 12.0. The van der Waals surface area contributed by atoms with E-state index in [1.807, 2.05) is 0 Å². The van der Waals surface area contributed by atoms with Gasteiger partial charge in [-0.05, 0) is 30.9 Å². The smallest absolute Gasteiger partial charge is 0.240 e. The number of carbonyl (C=O) groups excluding carboxylic acids is 1. The number of hydrogen-bond donors (Lipinski definition) is 1. The van der Waals surface area contributed by atoms with Crippen molar-refractivity contribution < 1.29 is 19.0 Å². The van der Waals surface area contributed by atoms with Crippen LogP contribution in [0.3, 0.4) is 0 Å². The average molecular weight is 334 g/mol. The normalized spacial score (nSPS) is 15.3. The van der Waals surface area contributed by atoms with Gasteiger partial charge in [0.05, 0.1) is 27.5 Å². The lowest BCUT2D eigenvalue weighted by Gasteiger charge is -2.20. The zero-order valence-electron chi connectivity index (χ0n) is 14.6. The highest BCUT2D eigenvalue weighted by Crippen LogP contribution is 2.37. The minimum atomic E-state index is -0.0365. The van der Waals surface area contributed by atoms with E-state index in [0.29, 0.717) is 29.6 Å². The molecule has 0 saturated heterocycles. The first-order valence-electron chi connectivity index (χ1n) is 8.29. The standard InChI is InChI=1S/C18H26N2O4/c1-22-15-9-14(10-16(23-2)18(15)24-3)12-19-20-17(21)11-13-7-5-4-6-8-13/h9-10,12-13H,4-8,11H2,1-3H3,(H,20,21)/b19-12-. The molecule has 0 radical (unpaired) electrons. The summed E-state index contributed by atoms with van der Waals surface area (Å²) < 4.78 is 15.9. The Balaban J connectivity index is 1.96. The lowest BCUT2D eigenvalue weighted by molar-refractivity contribution is -0.122. The van der Waals surface area contributed by atoms with Crippen LogP contribution in [-0.4, -0.2) is 33.5 Å². The number of nitrogens with zero attached hydrogens (tertiary/aromatic N) is 1. The van der Waals surface area contributed by atoms with Gasteiger partial charge in [-0.3, -0.25) is 4.79 Å². The fourth-order valence-electron chi connectivity index (χ4n) is 3.05. The van der Waals surface area contributed by atoms with Crippen molar-refractivity contribution in [1.82, 2.24) is 5.43 Å². The first-order chi connectivity index (χ1) is 11.7. The second-order valence-electron chi connectivity index (χ2n) is 5.96. The first-order valence-corrected chi connectivity index (χ1v) is 8.29. The van der Waals surface area contributed by atoms with Gasteiger partial charge < -0.3 is 14.2 Å². The Hall–Kier alpha value is -2.24. The van der Waals surface area contributed by atoms with Gasteiger partial charge in [0.2, 0.25) is 11.7 Å². The van der Waals surface area contributed by atoms with Gasteiger partial charge in [0.15, 0.2) is 11.5 Å². The molecule has 1 aromatic rings. The Morgan fingerprint density at radius 2 is 1.75 bits per heavy atom. The van der Waals surface area contributed by atoms with Gasteiger partial charge in [-0.2, -0.15) is 5.10 Å². The van der Waals surface area contributed by atoms with Crippen molar-refractivity contribution in [2.45, 2.75) is 38.5 Å². The Morgan fingerprint density at radius 1 is 1.12 bits per heavy atom. The Labute approximate surface area is 143 Å². The second kappa shape index (κ2) is 9.15. The molecule has 0 aliphatic heterocycles. The summed E-state index contributed by atoms with van der Waals surface area (Å²) in [7, 11) is 4.67. The third kappa shape index (κ3) is 4.88. The predicted molar refractivity (Wildman–Crippen MR) is 93.0 cm³/mol. The summed E-state index contributed by atoms with van der Waals surface area (Å²) in [6.45, 7) is 0. The van der Waals surface area contributed by atoms with E-state index in [1.165, 1.54) is 19.3 Å². The van der Waals surface area contributed by atoms with Crippen LogP contribution >= 0.6 is 0 Å². The SMILES string of the molecule is COc1cc(/C=N\NC(=O)CC2CCCCC2)cc(OC)c1OC. The van der Waals surface area contributed by atoms with E-state index in [0.717, 1.165) is 18.4 Å². The number of hydrazone groups is 1. The molecule has 0 spiro atoms. The van der Waals surface area contributed by atoms with E-state index in [2.05, 4.69) is 10.5 Å². The molecule has 6 nitrogen and oxygen atoms in total. The monoisotopic (exact) mass is 334 g/mol. The van der Waals surface area contributed by atoms with Crippen molar-refractivity contribution in [2.75, 3.05) is 21.3 Å². The molecular formula is C18H26N2O4. The summed E-state index contributed by atoms with van der Waals surface area (Å²) >= 11 is 0. The molecule has 6 heteroatoms. The number of carbonyl (C=O) groups is 1. The number of rotatable bonds is 7. The Kier molecular flexibility index (Phi) is 6.90. The van der Waals surface area contributed by atoms with E-state index in [4.69, 9.17) is 14.2 Å². The van der Waals surface area contributed by atoms with Gasteiger partial charge >= 0.3 is 0 Å². The fraction of sp³-hybridized carbons (Fsp3) is 0.556. The topological polar surface area (TPSA) is 69.2 Å². The molecule has 1 aliphatic rings. The minimum absolute atomic E-state index is 0.0365. The van der Waals surface area contributed by atoms with Crippen LogP contribution in [-0.2, 0) is 4.79 Å². The van der Waals surface area contributed by atoms with Crippen LogP contribution in [0.25, 0.3) is 0 Å². The molecule has 0 atom stereocenters. The van der Waals surface area contributed by atoms with Crippen molar-refractivity contribution in [3.63, 3.8) is 0 Å². The van der Waals surface area contributed by atoms with Crippen molar-refractivity contribution >= 4 is 12.1 Å². The molecule has 132 valence electrons. The number of benzene rings is 1. The van der Waals surface area contributed by atoms with Crippen LogP contribution in [0, 0.1) is 5.92 Å². The third-order valence-electron chi connectivity index (χ3n) is 4.29. The molecule has 1 aromatic carbocycles. The van der Waals surface area contributed by atoms with Crippen LogP contribution in [0.15, 0.2) is 17.2 Å². The maximum Gasteiger partial charge on any atom is 0.240 e.